The number of carbonyl (C=O) groups excluding carboxylic acids is 1. The van der Waals surface area contributed by atoms with Crippen LogP contribution in [0.25, 0.3) is 0 Å². The summed E-state index contributed by atoms with van der Waals surface area (Å²) in [7, 11) is 0. The summed E-state index contributed by atoms with van der Waals surface area (Å²) < 4.78 is 0. The standard InChI is InChI=1S/C11H11ClN2O3S/c12-7-1-2-8(13-5-7)9(15)14-11(10(16)17)3-4-18-6-11/h1-2,5H,3-4,6H2,(H,14,15)(H,16,17). The van der Waals surface area contributed by atoms with Crippen LogP contribution in [0.1, 0.15) is 16.9 Å². The average molecular weight is 287 g/mol. The first-order valence-corrected chi connectivity index (χ1v) is 6.82. The molecule has 0 radical (unpaired) electrons. The number of pyridine rings is 1. The van der Waals surface area contributed by atoms with Crippen LogP contribution in [0.4, 0.5) is 0 Å². The number of halogens is 1. The van der Waals surface area contributed by atoms with Crippen molar-refractivity contribution in [2.24, 2.45) is 0 Å². The molecule has 5 nitrogen and oxygen atoms in total. The van der Waals surface area contributed by atoms with Gasteiger partial charge in [0.1, 0.15) is 11.2 Å². The van der Waals surface area contributed by atoms with E-state index in [-0.39, 0.29) is 5.69 Å². The Hall–Kier alpha value is -1.27. The summed E-state index contributed by atoms with van der Waals surface area (Å²) in [5, 5.41) is 12.2. The van der Waals surface area contributed by atoms with Gasteiger partial charge in [0, 0.05) is 11.9 Å². The third kappa shape index (κ3) is 2.59. The van der Waals surface area contributed by atoms with Crippen molar-refractivity contribution in [1.29, 1.82) is 0 Å². The largest absolute Gasteiger partial charge is 0.479 e. The molecule has 0 aliphatic carbocycles. The molecular formula is C11H11ClN2O3S. The Kier molecular flexibility index (Phi) is 3.77. The molecule has 2 N–H and O–H groups in total. The zero-order chi connectivity index (χ0) is 13.2. The Labute approximate surface area is 113 Å². The predicted octanol–water partition coefficient (Wildman–Crippen LogP) is 1.43. The van der Waals surface area contributed by atoms with E-state index in [0.717, 1.165) is 5.75 Å². The van der Waals surface area contributed by atoms with E-state index >= 15 is 0 Å². The molecule has 1 aromatic heterocycles. The summed E-state index contributed by atoms with van der Waals surface area (Å²) in [6, 6.07) is 3.01. The van der Waals surface area contributed by atoms with Crippen LogP contribution in [-0.4, -0.2) is 39.0 Å². The van der Waals surface area contributed by atoms with Gasteiger partial charge in [-0.1, -0.05) is 11.6 Å². The first kappa shape index (κ1) is 13.2. The second-order valence-electron chi connectivity index (χ2n) is 4.01. The molecule has 1 atom stereocenters. The number of amides is 1. The Morgan fingerprint density at radius 2 is 2.28 bits per heavy atom. The Balaban J connectivity index is 2.15. The molecule has 2 heterocycles. The van der Waals surface area contributed by atoms with Crippen molar-refractivity contribution in [1.82, 2.24) is 10.3 Å². The monoisotopic (exact) mass is 286 g/mol. The topological polar surface area (TPSA) is 79.3 Å². The maximum absolute atomic E-state index is 11.9. The summed E-state index contributed by atoms with van der Waals surface area (Å²) in [5.41, 5.74) is -1.01. The first-order valence-electron chi connectivity index (χ1n) is 5.29. The summed E-state index contributed by atoms with van der Waals surface area (Å²) in [6.45, 7) is 0. The van der Waals surface area contributed by atoms with Crippen LogP contribution in [-0.2, 0) is 4.79 Å². The zero-order valence-electron chi connectivity index (χ0n) is 9.35. The minimum atomic E-state index is -1.18. The number of hydrogen-bond donors (Lipinski definition) is 2. The van der Waals surface area contributed by atoms with Gasteiger partial charge < -0.3 is 10.4 Å². The van der Waals surface area contributed by atoms with Gasteiger partial charge in [0.05, 0.1) is 5.02 Å². The lowest BCUT2D eigenvalue weighted by Crippen LogP contribution is -2.54. The first-order chi connectivity index (χ1) is 8.53. The van der Waals surface area contributed by atoms with E-state index in [1.54, 1.807) is 6.07 Å². The van der Waals surface area contributed by atoms with Gasteiger partial charge in [0.15, 0.2) is 0 Å². The van der Waals surface area contributed by atoms with E-state index in [0.29, 0.717) is 17.2 Å². The molecule has 1 amide bonds. The molecule has 0 spiro atoms. The van der Waals surface area contributed by atoms with Crippen molar-refractivity contribution in [2.45, 2.75) is 12.0 Å². The molecule has 18 heavy (non-hydrogen) atoms. The summed E-state index contributed by atoms with van der Waals surface area (Å²) in [6.07, 6.45) is 1.78. The molecule has 1 aliphatic heterocycles. The SMILES string of the molecule is O=C(NC1(C(=O)O)CCSC1)c1ccc(Cl)cn1. The van der Waals surface area contributed by atoms with E-state index < -0.39 is 17.4 Å². The van der Waals surface area contributed by atoms with Crippen LogP contribution in [0.15, 0.2) is 18.3 Å². The number of rotatable bonds is 3. The van der Waals surface area contributed by atoms with E-state index in [2.05, 4.69) is 10.3 Å². The second kappa shape index (κ2) is 5.16. The van der Waals surface area contributed by atoms with E-state index in [1.807, 2.05) is 0 Å². The second-order valence-corrected chi connectivity index (χ2v) is 5.55. The van der Waals surface area contributed by atoms with Crippen molar-refractivity contribution in [2.75, 3.05) is 11.5 Å². The molecule has 1 aromatic rings. The minimum absolute atomic E-state index is 0.164. The number of aromatic nitrogens is 1. The molecular weight excluding hydrogens is 276 g/mol. The van der Waals surface area contributed by atoms with Gasteiger partial charge in [-0.3, -0.25) is 4.79 Å². The smallest absolute Gasteiger partial charge is 0.330 e. The van der Waals surface area contributed by atoms with E-state index in [1.165, 1.54) is 24.0 Å². The molecule has 1 fully saturated rings. The van der Waals surface area contributed by atoms with Gasteiger partial charge in [-0.05, 0) is 24.3 Å². The highest BCUT2D eigenvalue weighted by Gasteiger charge is 2.43. The fraction of sp³-hybridized carbons (Fsp3) is 0.364. The van der Waals surface area contributed by atoms with Crippen LogP contribution >= 0.6 is 23.4 Å². The molecule has 1 aliphatic rings. The lowest BCUT2D eigenvalue weighted by Gasteiger charge is -2.24. The number of nitrogens with zero attached hydrogens (tertiary/aromatic N) is 1. The van der Waals surface area contributed by atoms with Crippen molar-refractivity contribution >= 4 is 35.2 Å². The van der Waals surface area contributed by atoms with Gasteiger partial charge in [0.25, 0.3) is 5.91 Å². The molecule has 7 heteroatoms. The Morgan fingerprint density at radius 3 is 2.78 bits per heavy atom. The highest BCUT2D eigenvalue weighted by molar-refractivity contribution is 7.99. The molecule has 1 unspecified atom stereocenters. The predicted molar refractivity (Wildman–Crippen MR) is 69.0 cm³/mol. The van der Waals surface area contributed by atoms with Crippen molar-refractivity contribution in [3.8, 4) is 0 Å². The van der Waals surface area contributed by atoms with Crippen LogP contribution in [0.2, 0.25) is 5.02 Å². The Bertz CT molecular complexity index is 472. The Morgan fingerprint density at radius 1 is 1.50 bits per heavy atom. The molecule has 1 saturated heterocycles. The molecule has 96 valence electrons. The van der Waals surface area contributed by atoms with Crippen LogP contribution in [0.5, 0.6) is 0 Å². The van der Waals surface area contributed by atoms with Crippen molar-refractivity contribution in [3.05, 3.63) is 29.0 Å². The average Bonchev–Trinajstić information content (AvgIpc) is 2.79. The van der Waals surface area contributed by atoms with Crippen molar-refractivity contribution in [3.63, 3.8) is 0 Å². The normalized spacial score (nSPS) is 22.7. The zero-order valence-corrected chi connectivity index (χ0v) is 10.9. The number of carbonyl (C=O) groups is 2. The quantitative estimate of drug-likeness (QED) is 0.879. The van der Waals surface area contributed by atoms with Gasteiger partial charge in [-0.2, -0.15) is 11.8 Å². The number of aliphatic carboxylic acids is 1. The lowest BCUT2D eigenvalue weighted by atomic mass is 9.99. The third-order valence-electron chi connectivity index (χ3n) is 2.74. The highest BCUT2D eigenvalue weighted by Crippen LogP contribution is 2.28. The van der Waals surface area contributed by atoms with E-state index in [9.17, 15) is 14.7 Å². The maximum atomic E-state index is 11.9. The van der Waals surface area contributed by atoms with Crippen LogP contribution < -0.4 is 5.32 Å². The molecule has 0 bridgehead atoms. The fourth-order valence-electron chi connectivity index (χ4n) is 1.68. The van der Waals surface area contributed by atoms with Crippen LogP contribution in [0, 0.1) is 0 Å². The summed E-state index contributed by atoms with van der Waals surface area (Å²) in [4.78, 5) is 27.1. The van der Waals surface area contributed by atoms with E-state index in [4.69, 9.17) is 11.6 Å². The number of nitrogens with one attached hydrogen (secondary N) is 1. The molecule has 0 aromatic carbocycles. The summed E-state index contributed by atoms with van der Waals surface area (Å²) in [5.74, 6) is -0.395. The third-order valence-corrected chi connectivity index (χ3v) is 4.16. The lowest BCUT2D eigenvalue weighted by molar-refractivity contribution is -0.143. The minimum Gasteiger partial charge on any atom is -0.479 e. The number of carboxylic acid groups (broad SMARTS) is 1. The van der Waals surface area contributed by atoms with Crippen molar-refractivity contribution < 1.29 is 14.7 Å². The summed E-state index contributed by atoms with van der Waals surface area (Å²) >= 11 is 7.18. The van der Waals surface area contributed by atoms with Crippen LogP contribution in [0.3, 0.4) is 0 Å². The highest BCUT2D eigenvalue weighted by atomic mass is 35.5. The van der Waals surface area contributed by atoms with Gasteiger partial charge in [0.2, 0.25) is 0 Å². The molecule has 0 saturated carbocycles. The fourth-order valence-corrected chi connectivity index (χ4v) is 3.11. The molecule has 2 rings (SSSR count). The van der Waals surface area contributed by atoms with Gasteiger partial charge >= 0.3 is 5.97 Å². The van der Waals surface area contributed by atoms with Gasteiger partial charge in [-0.25, -0.2) is 9.78 Å². The number of hydrogen-bond acceptors (Lipinski definition) is 4. The van der Waals surface area contributed by atoms with Gasteiger partial charge in [-0.15, -0.1) is 0 Å². The number of thioether (sulfide) groups is 1. The maximum Gasteiger partial charge on any atom is 0.330 e. The number of carboxylic acids is 1.